The minimum atomic E-state index is -0.672. The molecule has 1 aromatic carbocycles. The second-order valence-corrected chi connectivity index (χ2v) is 3.31. The summed E-state index contributed by atoms with van der Waals surface area (Å²) in [7, 11) is 0. The van der Waals surface area contributed by atoms with Gasteiger partial charge in [-0.05, 0) is 17.7 Å². The molecule has 75 valence electrons. The van der Waals surface area contributed by atoms with Crippen LogP contribution in [0.3, 0.4) is 0 Å². The molecule has 0 bridgehead atoms. The molecule has 2 aromatic rings. The Labute approximate surface area is 90.6 Å². The fourth-order valence-corrected chi connectivity index (χ4v) is 1.32. The van der Waals surface area contributed by atoms with Gasteiger partial charge >= 0.3 is 0 Å². The summed E-state index contributed by atoms with van der Waals surface area (Å²) in [5.41, 5.74) is 6.28. The van der Waals surface area contributed by atoms with Crippen LogP contribution in [-0.4, -0.2) is 11.1 Å². The van der Waals surface area contributed by atoms with Crippen molar-refractivity contribution in [3.63, 3.8) is 0 Å². The molecule has 1 amide bonds. The Balaban J connectivity index is 2.49. The van der Waals surface area contributed by atoms with E-state index in [1.165, 1.54) is 0 Å². The van der Waals surface area contributed by atoms with Crippen LogP contribution in [0, 0.1) is 6.20 Å². The van der Waals surface area contributed by atoms with E-state index >= 15 is 0 Å². The van der Waals surface area contributed by atoms with E-state index in [4.69, 9.17) is 21.9 Å². The highest BCUT2D eigenvalue weighted by atomic mass is 35.5. The molecule has 1 radical (unpaired) electrons. The number of rotatable bonds is 2. The van der Waals surface area contributed by atoms with Gasteiger partial charge in [0.2, 0.25) is 5.76 Å². The number of primary amides is 1. The van der Waals surface area contributed by atoms with Crippen LogP contribution in [0.2, 0.25) is 5.02 Å². The molecule has 2 rings (SSSR count). The Morgan fingerprint density at radius 1 is 1.40 bits per heavy atom. The Bertz CT molecular complexity index is 490. The van der Waals surface area contributed by atoms with Crippen LogP contribution in [0.4, 0.5) is 0 Å². The molecule has 2 N–H and O–H groups in total. The summed E-state index contributed by atoms with van der Waals surface area (Å²) >= 11 is 5.73. The van der Waals surface area contributed by atoms with E-state index in [-0.39, 0.29) is 5.76 Å². The molecule has 1 heterocycles. The summed E-state index contributed by atoms with van der Waals surface area (Å²) in [6.07, 6.45) is 2.56. The molecule has 0 aliphatic carbocycles. The zero-order valence-corrected chi connectivity index (χ0v) is 8.28. The fraction of sp³-hybridized carbons (Fsp3) is 0. The molecule has 4 nitrogen and oxygen atoms in total. The topological polar surface area (TPSA) is 69.1 Å². The first kappa shape index (κ1) is 9.73. The molecule has 0 spiro atoms. The van der Waals surface area contributed by atoms with E-state index in [0.717, 1.165) is 5.56 Å². The quantitative estimate of drug-likeness (QED) is 0.842. The highest BCUT2D eigenvalue weighted by molar-refractivity contribution is 6.30. The Morgan fingerprint density at radius 2 is 2.07 bits per heavy atom. The van der Waals surface area contributed by atoms with Gasteiger partial charge in [-0.1, -0.05) is 28.9 Å². The van der Waals surface area contributed by atoms with Crippen LogP contribution >= 0.6 is 11.6 Å². The van der Waals surface area contributed by atoms with E-state index in [0.29, 0.717) is 10.6 Å². The van der Waals surface area contributed by atoms with Gasteiger partial charge in [0.15, 0.2) is 0 Å². The van der Waals surface area contributed by atoms with Gasteiger partial charge in [-0.3, -0.25) is 4.79 Å². The molecule has 0 fully saturated rings. The number of nitrogens with zero attached hydrogens (tertiary/aromatic N) is 1. The number of amides is 1. The largest absolute Gasteiger partial charge is 0.363 e. The first-order valence-electron chi connectivity index (χ1n) is 4.11. The number of carbonyl (C=O) groups is 1. The summed E-state index contributed by atoms with van der Waals surface area (Å²) < 4.78 is 4.70. The smallest absolute Gasteiger partial charge is 0.288 e. The van der Waals surface area contributed by atoms with Gasteiger partial charge in [-0.25, -0.2) is 0 Å². The predicted molar refractivity (Wildman–Crippen MR) is 54.3 cm³/mol. The molecule has 0 aliphatic rings. The lowest BCUT2D eigenvalue weighted by molar-refractivity contribution is 0.0966. The molecule has 5 heteroatoms. The SMILES string of the molecule is NC(=O)c1on[c]c1-c1ccc(Cl)cc1. The summed E-state index contributed by atoms with van der Waals surface area (Å²) in [4.78, 5) is 11.0. The third-order valence-electron chi connectivity index (χ3n) is 1.88. The predicted octanol–water partition coefficient (Wildman–Crippen LogP) is 1.89. The highest BCUT2D eigenvalue weighted by Gasteiger charge is 2.15. The summed E-state index contributed by atoms with van der Waals surface area (Å²) in [6, 6.07) is 6.86. The monoisotopic (exact) mass is 221 g/mol. The van der Waals surface area contributed by atoms with Crippen molar-refractivity contribution in [3.05, 3.63) is 41.2 Å². The molecule has 0 saturated heterocycles. The lowest BCUT2D eigenvalue weighted by Crippen LogP contribution is -2.10. The fourth-order valence-electron chi connectivity index (χ4n) is 1.19. The number of hydrogen-bond donors (Lipinski definition) is 1. The van der Waals surface area contributed by atoms with Gasteiger partial charge in [-0.15, -0.1) is 0 Å². The molecular weight excluding hydrogens is 216 g/mol. The molecular formula is C10H6ClN2O2. The normalized spacial score (nSPS) is 10.2. The van der Waals surface area contributed by atoms with Crippen LogP contribution in [0.25, 0.3) is 11.1 Å². The molecule has 1 aromatic heterocycles. The van der Waals surface area contributed by atoms with Crippen LogP contribution < -0.4 is 5.73 Å². The Morgan fingerprint density at radius 3 is 2.67 bits per heavy atom. The van der Waals surface area contributed by atoms with Crippen LogP contribution in [0.5, 0.6) is 0 Å². The van der Waals surface area contributed by atoms with E-state index in [1.807, 2.05) is 0 Å². The van der Waals surface area contributed by atoms with Crippen molar-refractivity contribution in [1.29, 1.82) is 0 Å². The molecule has 0 saturated carbocycles. The standard InChI is InChI=1S/C10H6ClN2O2/c11-7-3-1-6(2-4-7)8-5-13-15-9(8)10(12)14/h1-4H,(H2,12,14). The maximum Gasteiger partial charge on any atom is 0.288 e. The second kappa shape index (κ2) is 3.74. The van der Waals surface area contributed by atoms with Crippen molar-refractivity contribution in [2.75, 3.05) is 0 Å². The second-order valence-electron chi connectivity index (χ2n) is 2.87. The Hall–Kier alpha value is -1.81. The number of nitrogens with two attached hydrogens (primary N) is 1. The maximum atomic E-state index is 11.0. The summed E-state index contributed by atoms with van der Waals surface area (Å²) in [5, 5.41) is 4.02. The Kier molecular flexibility index (Phi) is 2.43. The van der Waals surface area contributed by atoms with E-state index in [9.17, 15) is 4.79 Å². The number of hydrogen-bond acceptors (Lipinski definition) is 3. The molecule has 0 aliphatic heterocycles. The minimum Gasteiger partial charge on any atom is -0.363 e. The molecule has 0 unspecified atom stereocenters. The highest BCUT2D eigenvalue weighted by Crippen LogP contribution is 2.24. The van der Waals surface area contributed by atoms with Crippen molar-refractivity contribution in [3.8, 4) is 11.1 Å². The van der Waals surface area contributed by atoms with Crippen LogP contribution in [0.15, 0.2) is 28.8 Å². The van der Waals surface area contributed by atoms with Gasteiger partial charge in [0.25, 0.3) is 5.91 Å². The summed E-state index contributed by atoms with van der Waals surface area (Å²) in [5.74, 6) is -0.675. The van der Waals surface area contributed by atoms with Crippen molar-refractivity contribution in [2.45, 2.75) is 0 Å². The summed E-state index contributed by atoms with van der Waals surface area (Å²) in [6.45, 7) is 0. The third kappa shape index (κ3) is 1.85. The van der Waals surface area contributed by atoms with Crippen LogP contribution in [-0.2, 0) is 0 Å². The van der Waals surface area contributed by atoms with Gasteiger partial charge in [0.05, 0.1) is 5.56 Å². The van der Waals surface area contributed by atoms with Crippen molar-refractivity contribution in [1.82, 2.24) is 5.16 Å². The van der Waals surface area contributed by atoms with Crippen molar-refractivity contribution < 1.29 is 9.32 Å². The van der Waals surface area contributed by atoms with E-state index in [1.54, 1.807) is 24.3 Å². The minimum absolute atomic E-state index is 0.00248. The van der Waals surface area contributed by atoms with Crippen LogP contribution in [0.1, 0.15) is 10.6 Å². The zero-order chi connectivity index (χ0) is 10.8. The lowest BCUT2D eigenvalue weighted by Gasteiger charge is -1.97. The van der Waals surface area contributed by atoms with E-state index < -0.39 is 5.91 Å². The molecule has 0 atom stereocenters. The van der Waals surface area contributed by atoms with Gasteiger partial charge in [0, 0.05) is 5.02 Å². The zero-order valence-electron chi connectivity index (χ0n) is 7.53. The number of carbonyl (C=O) groups excluding carboxylic acids is 1. The number of benzene rings is 1. The first-order valence-corrected chi connectivity index (χ1v) is 4.49. The van der Waals surface area contributed by atoms with E-state index in [2.05, 4.69) is 11.4 Å². The number of halogens is 1. The number of aromatic nitrogens is 1. The van der Waals surface area contributed by atoms with Gasteiger partial charge in [0.1, 0.15) is 6.20 Å². The maximum absolute atomic E-state index is 11.0. The average molecular weight is 222 g/mol. The van der Waals surface area contributed by atoms with Gasteiger partial charge < -0.3 is 10.3 Å². The lowest BCUT2D eigenvalue weighted by atomic mass is 10.1. The third-order valence-corrected chi connectivity index (χ3v) is 2.13. The van der Waals surface area contributed by atoms with Crippen molar-refractivity contribution >= 4 is 17.5 Å². The average Bonchev–Trinajstić information content (AvgIpc) is 2.67. The van der Waals surface area contributed by atoms with Gasteiger partial charge in [-0.2, -0.15) is 0 Å². The van der Waals surface area contributed by atoms with Crippen molar-refractivity contribution in [2.24, 2.45) is 5.73 Å². The molecule has 15 heavy (non-hydrogen) atoms. The first-order chi connectivity index (χ1) is 7.18.